The molecule has 3 heteroatoms. The van der Waals surface area contributed by atoms with Crippen LogP contribution in [0.1, 0.15) is 31.0 Å². The Morgan fingerprint density at radius 1 is 0.952 bits per heavy atom. The van der Waals surface area contributed by atoms with Crippen LogP contribution in [0.15, 0.2) is 64.1 Å². The normalized spacial score (nSPS) is 28.9. The second-order valence-corrected chi connectivity index (χ2v) is 7.12. The summed E-state index contributed by atoms with van der Waals surface area (Å²) < 4.78 is 1.11. The smallest absolute Gasteiger partial charge is 0.109 e. The molecular formula is C18H17BrN2. The van der Waals surface area contributed by atoms with Crippen LogP contribution in [-0.4, -0.2) is 22.3 Å². The molecule has 3 atom stereocenters. The van der Waals surface area contributed by atoms with Gasteiger partial charge >= 0.3 is 0 Å². The van der Waals surface area contributed by atoms with Crippen molar-refractivity contribution in [1.82, 2.24) is 4.90 Å². The second kappa shape index (κ2) is 4.52. The summed E-state index contributed by atoms with van der Waals surface area (Å²) in [5.41, 5.74) is 3.73. The van der Waals surface area contributed by atoms with Crippen molar-refractivity contribution in [3.8, 4) is 0 Å². The van der Waals surface area contributed by atoms with Crippen molar-refractivity contribution in [2.24, 2.45) is 4.99 Å². The number of aliphatic imine (C=N–C) groups is 1. The lowest BCUT2D eigenvalue weighted by Crippen LogP contribution is -2.25. The van der Waals surface area contributed by atoms with E-state index >= 15 is 0 Å². The lowest BCUT2D eigenvalue weighted by atomic mass is 10.0. The Labute approximate surface area is 133 Å². The summed E-state index contributed by atoms with van der Waals surface area (Å²) in [6.07, 6.45) is 0. The van der Waals surface area contributed by atoms with Crippen molar-refractivity contribution in [2.45, 2.75) is 31.6 Å². The molecule has 2 aliphatic rings. The molecule has 4 rings (SSSR count). The number of hydrogen-bond donors (Lipinski definition) is 0. The van der Waals surface area contributed by atoms with Crippen molar-refractivity contribution in [1.29, 1.82) is 0 Å². The van der Waals surface area contributed by atoms with Gasteiger partial charge in [0.2, 0.25) is 0 Å². The van der Waals surface area contributed by atoms with Crippen LogP contribution < -0.4 is 0 Å². The number of benzene rings is 2. The molecule has 2 nitrogen and oxygen atoms in total. The monoisotopic (exact) mass is 340 g/mol. The SMILES string of the molecule is CC1(C)N=C(c2ccc(Br)cc2)[C@H]2[C@H](c3ccccc3)N21. The highest BCUT2D eigenvalue weighted by atomic mass is 79.9. The van der Waals surface area contributed by atoms with Crippen molar-refractivity contribution >= 4 is 21.6 Å². The van der Waals surface area contributed by atoms with E-state index in [1.807, 2.05) is 0 Å². The minimum atomic E-state index is -0.117. The highest BCUT2D eigenvalue weighted by Crippen LogP contribution is 2.54. The lowest BCUT2D eigenvalue weighted by molar-refractivity contribution is 0.281. The maximum absolute atomic E-state index is 4.95. The first-order valence-electron chi connectivity index (χ1n) is 7.27. The van der Waals surface area contributed by atoms with Gasteiger partial charge in [-0.2, -0.15) is 0 Å². The molecule has 2 aromatic carbocycles. The molecule has 0 N–H and O–H groups in total. The van der Waals surface area contributed by atoms with Crippen molar-refractivity contribution in [3.05, 3.63) is 70.2 Å². The lowest BCUT2D eigenvalue weighted by Gasteiger charge is -2.20. The van der Waals surface area contributed by atoms with Gasteiger partial charge in [0, 0.05) is 4.47 Å². The van der Waals surface area contributed by atoms with Gasteiger partial charge in [-0.25, -0.2) is 0 Å². The van der Waals surface area contributed by atoms with E-state index in [-0.39, 0.29) is 5.66 Å². The van der Waals surface area contributed by atoms with E-state index in [1.54, 1.807) is 0 Å². The van der Waals surface area contributed by atoms with Gasteiger partial charge < -0.3 is 0 Å². The third-order valence-electron chi connectivity index (χ3n) is 4.40. The van der Waals surface area contributed by atoms with Crippen LogP contribution >= 0.6 is 15.9 Å². The van der Waals surface area contributed by atoms with Gasteiger partial charge in [0.25, 0.3) is 0 Å². The van der Waals surface area contributed by atoms with Crippen LogP contribution in [0.2, 0.25) is 0 Å². The quantitative estimate of drug-likeness (QED) is 0.739. The molecule has 0 aromatic heterocycles. The van der Waals surface area contributed by atoms with E-state index < -0.39 is 0 Å². The molecule has 21 heavy (non-hydrogen) atoms. The maximum atomic E-state index is 4.95. The fourth-order valence-electron chi connectivity index (χ4n) is 3.46. The molecule has 0 spiro atoms. The predicted molar refractivity (Wildman–Crippen MR) is 89.6 cm³/mol. The summed E-state index contributed by atoms with van der Waals surface area (Å²) in [6, 6.07) is 20.1. The zero-order chi connectivity index (χ0) is 14.6. The van der Waals surface area contributed by atoms with Crippen LogP contribution in [0.3, 0.4) is 0 Å². The van der Waals surface area contributed by atoms with Gasteiger partial charge in [0.15, 0.2) is 0 Å². The average Bonchev–Trinajstić information content (AvgIpc) is 3.17. The standard InChI is InChI=1S/C18H17BrN2/c1-18(2)20-15(12-8-10-14(19)11-9-12)17-16(21(17)18)13-6-4-3-5-7-13/h3-11,16-17H,1-2H3/t16-,17-,21?/m0/s1. The fourth-order valence-corrected chi connectivity index (χ4v) is 3.73. The molecule has 0 amide bonds. The van der Waals surface area contributed by atoms with Gasteiger partial charge in [-0.15, -0.1) is 0 Å². The van der Waals surface area contributed by atoms with Gasteiger partial charge in [-0.3, -0.25) is 9.89 Å². The predicted octanol–water partition coefficient (Wildman–Crippen LogP) is 4.41. The average molecular weight is 341 g/mol. The van der Waals surface area contributed by atoms with Crippen molar-refractivity contribution in [2.75, 3.05) is 0 Å². The first kappa shape index (κ1) is 13.2. The van der Waals surface area contributed by atoms with E-state index in [1.165, 1.54) is 16.8 Å². The fraction of sp³-hybridized carbons (Fsp3) is 0.278. The Hall–Kier alpha value is -1.45. The summed E-state index contributed by atoms with van der Waals surface area (Å²) in [5, 5.41) is 0. The molecule has 106 valence electrons. The summed E-state index contributed by atoms with van der Waals surface area (Å²) in [7, 11) is 0. The number of rotatable bonds is 2. The Morgan fingerprint density at radius 2 is 1.62 bits per heavy atom. The molecular weight excluding hydrogens is 324 g/mol. The molecule has 0 saturated carbocycles. The van der Waals surface area contributed by atoms with Crippen LogP contribution in [0, 0.1) is 0 Å². The summed E-state index contributed by atoms with van der Waals surface area (Å²) >= 11 is 3.50. The molecule has 1 saturated heterocycles. The van der Waals surface area contributed by atoms with Gasteiger partial charge in [-0.05, 0) is 37.1 Å². The zero-order valence-electron chi connectivity index (χ0n) is 12.1. The van der Waals surface area contributed by atoms with Crippen LogP contribution in [0.5, 0.6) is 0 Å². The first-order valence-corrected chi connectivity index (χ1v) is 8.06. The van der Waals surface area contributed by atoms with E-state index in [0.29, 0.717) is 12.1 Å². The minimum Gasteiger partial charge on any atom is -0.266 e. The highest BCUT2D eigenvalue weighted by Gasteiger charge is 2.62. The minimum absolute atomic E-state index is 0.117. The van der Waals surface area contributed by atoms with Crippen LogP contribution in [0.25, 0.3) is 0 Å². The first-order chi connectivity index (χ1) is 10.1. The Balaban J connectivity index is 1.72. The zero-order valence-corrected chi connectivity index (χ0v) is 13.7. The molecule has 2 aromatic rings. The van der Waals surface area contributed by atoms with Crippen molar-refractivity contribution < 1.29 is 0 Å². The number of fused-ring (bicyclic) bond motifs is 1. The molecule has 2 heterocycles. The van der Waals surface area contributed by atoms with Gasteiger partial charge in [-0.1, -0.05) is 58.4 Å². The topological polar surface area (TPSA) is 15.4 Å². The Bertz CT molecular complexity index is 704. The summed E-state index contributed by atoms with van der Waals surface area (Å²) in [4.78, 5) is 7.45. The van der Waals surface area contributed by atoms with Crippen LogP contribution in [-0.2, 0) is 0 Å². The summed E-state index contributed by atoms with van der Waals surface area (Å²) in [6.45, 7) is 4.41. The van der Waals surface area contributed by atoms with E-state index in [2.05, 4.69) is 89.3 Å². The molecule has 1 unspecified atom stereocenters. The van der Waals surface area contributed by atoms with Gasteiger partial charge in [0.1, 0.15) is 5.66 Å². The molecule has 0 radical (unpaired) electrons. The van der Waals surface area contributed by atoms with E-state index in [9.17, 15) is 0 Å². The van der Waals surface area contributed by atoms with E-state index in [4.69, 9.17) is 4.99 Å². The van der Waals surface area contributed by atoms with Crippen LogP contribution in [0.4, 0.5) is 0 Å². The van der Waals surface area contributed by atoms with Gasteiger partial charge in [0.05, 0.1) is 17.8 Å². The molecule has 0 bridgehead atoms. The van der Waals surface area contributed by atoms with E-state index in [0.717, 1.165) is 4.47 Å². The number of halogens is 1. The molecule has 1 fully saturated rings. The maximum Gasteiger partial charge on any atom is 0.109 e. The largest absolute Gasteiger partial charge is 0.266 e. The highest BCUT2D eigenvalue weighted by molar-refractivity contribution is 9.10. The third-order valence-corrected chi connectivity index (χ3v) is 4.92. The van der Waals surface area contributed by atoms with Crippen molar-refractivity contribution in [3.63, 3.8) is 0 Å². The Kier molecular flexibility index (Phi) is 2.85. The second-order valence-electron chi connectivity index (χ2n) is 6.21. The summed E-state index contributed by atoms with van der Waals surface area (Å²) in [5.74, 6) is 0. The Morgan fingerprint density at radius 3 is 2.29 bits per heavy atom. The molecule has 2 aliphatic heterocycles. The molecule has 0 aliphatic carbocycles. The number of hydrogen-bond acceptors (Lipinski definition) is 2. The third kappa shape index (κ3) is 2.07. The number of nitrogens with zero attached hydrogens (tertiary/aromatic N) is 2.